The predicted molar refractivity (Wildman–Crippen MR) is 80.4 cm³/mol. The Balaban J connectivity index is 2.42. The van der Waals surface area contributed by atoms with Crippen LogP contribution in [0.25, 0.3) is 16.8 Å². The Morgan fingerprint density at radius 2 is 1.84 bits per heavy atom. The summed E-state index contributed by atoms with van der Waals surface area (Å²) in [6.45, 7) is 4.29. The Kier molecular flexibility index (Phi) is 4.23. The van der Waals surface area contributed by atoms with Gasteiger partial charge < -0.3 is 9.84 Å². The van der Waals surface area contributed by atoms with Gasteiger partial charge in [0.25, 0.3) is 0 Å². The first-order valence-electron chi connectivity index (χ1n) is 6.53. The van der Waals surface area contributed by atoms with E-state index in [0.717, 1.165) is 22.3 Å². The second kappa shape index (κ2) is 5.89. The van der Waals surface area contributed by atoms with E-state index in [-0.39, 0.29) is 6.61 Å². The maximum absolute atomic E-state index is 9.35. The number of aliphatic hydroxyl groups is 1. The smallest absolute Gasteiger partial charge is 0.119 e. The summed E-state index contributed by atoms with van der Waals surface area (Å²) >= 11 is 0. The highest BCUT2D eigenvalue weighted by atomic mass is 16.5. The van der Waals surface area contributed by atoms with Crippen molar-refractivity contribution in [1.29, 1.82) is 0 Å². The lowest BCUT2D eigenvalue weighted by molar-refractivity contribution is 0.320. The van der Waals surface area contributed by atoms with Crippen LogP contribution in [0.3, 0.4) is 0 Å². The number of fused-ring (bicyclic) bond motifs is 1. The molecule has 0 atom stereocenters. The second-order valence-electron chi connectivity index (χ2n) is 5.00. The van der Waals surface area contributed by atoms with Gasteiger partial charge in [-0.15, -0.1) is 0 Å². The molecule has 0 bridgehead atoms. The van der Waals surface area contributed by atoms with Crippen molar-refractivity contribution < 1.29 is 9.84 Å². The van der Waals surface area contributed by atoms with Crippen molar-refractivity contribution in [3.8, 4) is 5.75 Å². The van der Waals surface area contributed by atoms with E-state index >= 15 is 0 Å². The molecule has 0 unspecified atom stereocenters. The topological polar surface area (TPSA) is 29.5 Å². The minimum atomic E-state index is 0.109. The molecule has 0 heterocycles. The van der Waals surface area contributed by atoms with Crippen LogP contribution in [-0.2, 0) is 0 Å². The summed E-state index contributed by atoms with van der Waals surface area (Å²) in [5, 5.41) is 11.7. The standard InChI is InChI=1S/C17H20O2/c1-12(2)16(11-18)9-13-4-5-15-10-17(19-3)7-6-14(15)8-13/h4-10,12,18H,11H2,1-3H3. The molecule has 0 aliphatic carbocycles. The molecule has 2 rings (SSSR count). The molecule has 0 saturated heterocycles. The van der Waals surface area contributed by atoms with E-state index in [1.807, 2.05) is 12.1 Å². The van der Waals surface area contributed by atoms with Crippen LogP contribution >= 0.6 is 0 Å². The fraction of sp³-hybridized carbons (Fsp3) is 0.294. The molecule has 0 aromatic heterocycles. The predicted octanol–water partition coefficient (Wildman–Crippen LogP) is 3.88. The van der Waals surface area contributed by atoms with Gasteiger partial charge in [0.15, 0.2) is 0 Å². The minimum Gasteiger partial charge on any atom is -0.497 e. The van der Waals surface area contributed by atoms with E-state index in [2.05, 4.69) is 44.2 Å². The molecule has 0 saturated carbocycles. The normalized spacial score (nSPS) is 12.2. The molecular formula is C17H20O2. The summed E-state index contributed by atoms with van der Waals surface area (Å²) in [5.74, 6) is 1.23. The lowest BCUT2D eigenvalue weighted by Crippen LogP contribution is -1.98. The first-order chi connectivity index (χ1) is 9.13. The van der Waals surface area contributed by atoms with Crippen LogP contribution in [-0.4, -0.2) is 18.8 Å². The number of ether oxygens (including phenoxy) is 1. The van der Waals surface area contributed by atoms with Gasteiger partial charge in [-0.3, -0.25) is 0 Å². The molecule has 0 fully saturated rings. The zero-order valence-corrected chi connectivity index (χ0v) is 11.7. The fourth-order valence-electron chi connectivity index (χ4n) is 2.07. The lowest BCUT2D eigenvalue weighted by atomic mass is 9.99. The first kappa shape index (κ1) is 13.6. The van der Waals surface area contributed by atoms with E-state index in [0.29, 0.717) is 5.92 Å². The summed E-state index contributed by atoms with van der Waals surface area (Å²) in [4.78, 5) is 0. The van der Waals surface area contributed by atoms with Crippen molar-refractivity contribution in [3.05, 3.63) is 47.5 Å². The number of rotatable bonds is 4. The van der Waals surface area contributed by atoms with Gasteiger partial charge in [0.05, 0.1) is 13.7 Å². The molecule has 1 N–H and O–H groups in total. The van der Waals surface area contributed by atoms with Crippen LogP contribution in [0, 0.1) is 5.92 Å². The van der Waals surface area contributed by atoms with Crippen LogP contribution in [0.1, 0.15) is 19.4 Å². The van der Waals surface area contributed by atoms with Crippen molar-refractivity contribution >= 4 is 16.8 Å². The van der Waals surface area contributed by atoms with E-state index in [4.69, 9.17) is 4.74 Å². The molecule has 0 radical (unpaired) electrons. The molecule has 0 amide bonds. The summed E-state index contributed by atoms with van der Waals surface area (Å²) in [6, 6.07) is 12.3. The molecule has 2 aromatic carbocycles. The second-order valence-corrected chi connectivity index (χ2v) is 5.00. The molecule has 100 valence electrons. The van der Waals surface area contributed by atoms with Crippen molar-refractivity contribution in [3.63, 3.8) is 0 Å². The number of methoxy groups -OCH3 is 1. The maximum Gasteiger partial charge on any atom is 0.119 e. The van der Waals surface area contributed by atoms with E-state index in [1.54, 1.807) is 7.11 Å². The summed E-state index contributed by atoms with van der Waals surface area (Å²) in [7, 11) is 1.68. The number of benzene rings is 2. The highest BCUT2D eigenvalue weighted by Gasteiger charge is 2.03. The monoisotopic (exact) mass is 256 g/mol. The quantitative estimate of drug-likeness (QED) is 0.899. The maximum atomic E-state index is 9.35. The Hall–Kier alpha value is -1.80. The van der Waals surface area contributed by atoms with Gasteiger partial charge in [-0.05, 0) is 46.0 Å². The van der Waals surface area contributed by atoms with Crippen molar-refractivity contribution in [2.75, 3.05) is 13.7 Å². The van der Waals surface area contributed by atoms with Crippen molar-refractivity contribution in [1.82, 2.24) is 0 Å². The number of aliphatic hydroxyl groups excluding tert-OH is 1. The Bertz CT molecular complexity index is 597. The number of hydrogen-bond donors (Lipinski definition) is 1. The third kappa shape index (κ3) is 3.15. The molecule has 2 nitrogen and oxygen atoms in total. The molecule has 0 aliphatic rings. The van der Waals surface area contributed by atoms with Crippen molar-refractivity contribution in [2.45, 2.75) is 13.8 Å². The van der Waals surface area contributed by atoms with Crippen LogP contribution < -0.4 is 4.74 Å². The summed E-state index contributed by atoms with van der Waals surface area (Å²) in [5.41, 5.74) is 2.17. The van der Waals surface area contributed by atoms with E-state index in [9.17, 15) is 5.11 Å². The highest BCUT2D eigenvalue weighted by molar-refractivity contribution is 5.86. The van der Waals surface area contributed by atoms with Gasteiger partial charge in [-0.2, -0.15) is 0 Å². The third-order valence-corrected chi connectivity index (χ3v) is 3.35. The van der Waals surface area contributed by atoms with Crippen LogP contribution in [0.2, 0.25) is 0 Å². The molecular weight excluding hydrogens is 236 g/mol. The Labute approximate surface area is 114 Å². The van der Waals surface area contributed by atoms with Gasteiger partial charge in [-0.1, -0.05) is 38.1 Å². The van der Waals surface area contributed by atoms with Gasteiger partial charge >= 0.3 is 0 Å². The van der Waals surface area contributed by atoms with Crippen LogP contribution in [0.4, 0.5) is 0 Å². The average Bonchev–Trinajstić information content (AvgIpc) is 2.43. The Morgan fingerprint density at radius 1 is 1.16 bits per heavy atom. The summed E-state index contributed by atoms with van der Waals surface area (Å²) < 4.78 is 5.22. The lowest BCUT2D eigenvalue weighted by Gasteiger charge is -2.09. The van der Waals surface area contributed by atoms with Crippen molar-refractivity contribution in [2.24, 2.45) is 5.92 Å². The molecule has 0 aliphatic heterocycles. The van der Waals surface area contributed by atoms with Crippen LogP contribution in [0.15, 0.2) is 42.0 Å². The largest absolute Gasteiger partial charge is 0.497 e. The minimum absolute atomic E-state index is 0.109. The SMILES string of the molecule is COc1ccc2cc(C=C(CO)C(C)C)ccc2c1. The van der Waals surface area contributed by atoms with Gasteiger partial charge in [0, 0.05) is 0 Å². The van der Waals surface area contributed by atoms with Gasteiger partial charge in [0.1, 0.15) is 5.75 Å². The molecule has 19 heavy (non-hydrogen) atoms. The molecule has 2 heteroatoms. The van der Waals surface area contributed by atoms with E-state index < -0.39 is 0 Å². The molecule has 0 spiro atoms. The summed E-state index contributed by atoms with van der Waals surface area (Å²) in [6.07, 6.45) is 2.06. The molecule has 2 aromatic rings. The van der Waals surface area contributed by atoms with Gasteiger partial charge in [0.2, 0.25) is 0 Å². The third-order valence-electron chi connectivity index (χ3n) is 3.35. The van der Waals surface area contributed by atoms with Gasteiger partial charge in [-0.25, -0.2) is 0 Å². The number of hydrogen-bond acceptors (Lipinski definition) is 2. The highest BCUT2D eigenvalue weighted by Crippen LogP contribution is 2.23. The van der Waals surface area contributed by atoms with Crippen LogP contribution in [0.5, 0.6) is 5.75 Å². The zero-order valence-electron chi connectivity index (χ0n) is 11.7. The average molecular weight is 256 g/mol. The van der Waals surface area contributed by atoms with E-state index in [1.165, 1.54) is 5.39 Å². The Morgan fingerprint density at radius 3 is 2.47 bits per heavy atom. The first-order valence-corrected chi connectivity index (χ1v) is 6.53. The fourth-order valence-corrected chi connectivity index (χ4v) is 2.07. The zero-order chi connectivity index (χ0) is 13.8.